The van der Waals surface area contributed by atoms with Gasteiger partial charge in [-0.15, -0.1) is 0 Å². The first-order valence-corrected chi connectivity index (χ1v) is 17.7. The molecule has 3 atom stereocenters. The van der Waals surface area contributed by atoms with Gasteiger partial charge in [0, 0.05) is 58.8 Å². The third-order valence-electron chi connectivity index (χ3n) is 11.2. The summed E-state index contributed by atoms with van der Waals surface area (Å²) in [6.45, 7) is 11.9. The number of fused-ring (bicyclic) bond motifs is 5. The number of pyridine rings is 1. The number of rotatable bonds is 7. The number of allylic oxidation sites excluding steroid dienone is 11. The summed E-state index contributed by atoms with van der Waals surface area (Å²) in [5, 5.41) is 15.7. The van der Waals surface area contributed by atoms with Crippen molar-refractivity contribution in [1.82, 2.24) is 10.3 Å². The molecular formula is C42H43N5O5. The van der Waals surface area contributed by atoms with Gasteiger partial charge in [-0.1, -0.05) is 26.0 Å². The Bertz CT molecular complexity index is 2220. The van der Waals surface area contributed by atoms with Crippen molar-refractivity contribution in [3.8, 4) is 0 Å². The number of aliphatic hydroxyl groups is 1. The highest BCUT2D eigenvalue weighted by Gasteiger charge is 2.57. The van der Waals surface area contributed by atoms with Gasteiger partial charge in [-0.25, -0.2) is 15.0 Å². The van der Waals surface area contributed by atoms with Gasteiger partial charge in [-0.05, 0) is 98.8 Å². The molecule has 52 heavy (non-hydrogen) atoms. The molecule has 6 heterocycles. The average Bonchev–Trinajstić information content (AvgIpc) is 3.86. The van der Waals surface area contributed by atoms with E-state index in [4.69, 9.17) is 24.5 Å². The van der Waals surface area contributed by atoms with Crippen molar-refractivity contribution in [2.45, 2.75) is 60.8 Å². The topological polar surface area (TPSA) is 135 Å². The van der Waals surface area contributed by atoms with Crippen molar-refractivity contribution in [2.24, 2.45) is 32.2 Å². The zero-order valence-corrected chi connectivity index (χ0v) is 30.8. The monoisotopic (exact) mass is 697 g/mol. The van der Waals surface area contributed by atoms with Crippen LogP contribution in [0.4, 0.5) is 0 Å². The normalized spacial score (nSPS) is 25.1. The predicted octanol–water partition coefficient (Wildman–Crippen LogP) is 7.51. The largest absolute Gasteiger partial charge is 0.510 e. The maximum atomic E-state index is 13.8. The minimum atomic E-state index is -1.54. The molecule has 0 spiro atoms. The minimum absolute atomic E-state index is 0.110. The zero-order chi connectivity index (χ0) is 37.1. The van der Waals surface area contributed by atoms with Gasteiger partial charge in [0.25, 0.3) is 0 Å². The Labute approximate surface area is 303 Å². The molecule has 1 aliphatic carbocycles. The van der Waals surface area contributed by atoms with Gasteiger partial charge in [-0.2, -0.15) is 0 Å². The number of carbonyl (C=O) groups excluding carboxylic acids is 2. The van der Waals surface area contributed by atoms with Crippen LogP contribution in [0.15, 0.2) is 137 Å². The number of nitrogens with one attached hydrogen (secondary N) is 1. The van der Waals surface area contributed by atoms with Crippen LogP contribution in [-0.4, -0.2) is 53.4 Å². The number of esters is 2. The van der Waals surface area contributed by atoms with Crippen LogP contribution in [0.2, 0.25) is 0 Å². The molecule has 0 aromatic carbocycles. The number of hydrogen-bond acceptors (Lipinski definition) is 10. The molecular weight excluding hydrogens is 654 g/mol. The molecule has 0 saturated carbocycles. The highest BCUT2D eigenvalue weighted by atomic mass is 16.5. The molecule has 1 aromatic heterocycles. The Morgan fingerprint density at radius 2 is 1.65 bits per heavy atom. The number of methoxy groups -OCH3 is 2. The summed E-state index contributed by atoms with van der Waals surface area (Å²) in [6.07, 6.45) is 15.1. The van der Waals surface area contributed by atoms with E-state index in [0.29, 0.717) is 34.7 Å². The Morgan fingerprint density at radius 1 is 0.942 bits per heavy atom. The summed E-state index contributed by atoms with van der Waals surface area (Å²) < 4.78 is 10.4. The molecule has 10 nitrogen and oxygen atoms in total. The molecule has 5 aliphatic heterocycles. The summed E-state index contributed by atoms with van der Waals surface area (Å²) in [5.41, 5.74) is 11.4. The van der Waals surface area contributed by atoms with Crippen LogP contribution in [0.5, 0.6) is 0 Å². The van der Waals surface area contributed by atoms with E-state index < -0.39 is 11.4 Å². The molecule has 8 bridgehead atoms. The van der Waals surface area contributed by atoms with Crippen LogP contribution in [-0.2, 0) is 19.1 Å². The van der Waals surface area contributed by atoms with Crippen molar-refractivity contribution in [1.29, 1.82) is 0 Å². The van der Waals surface area contributed by atoms with Gasteiger partial charge in [0.15, 0.2) is 5.41 Å². The SMILES string of the molecule is CCC1=C(C)C2=NC1=CC1=C(C)C3=C(O)[C@@](C)(C(=O)OC)C(=C4NC(=CC5=NC(=C2)C(/C=C/c2ccncc2)=C5C)[C@@H](C)[C@@H]4CCC(=O)OC)C3=N1. The molecule has 2 N–H and O–H groups in total. The van der Waals surface area contributed by atoms with E-state index in [1.165, 1.54) is 14.2 Å². The van der Waals surface area contributed by atoms with E-state index in [1.54, 1.807) is 19.3 Å². The fraction of sp³-hybridized carbons (Fsp3) is 0.333. The minimum Gasteiger partial charge on any atom is -0.510 e. The lowest BCUT2D eigenvalue weighted by atomic mass is 9.78. The van der Waals surface area contributed by atoms with Gasteiger partial charge in [0.05, 0.1) is 48.4 Å². The van der Waals surface area contributed by atoms with Crippen LogP contribution in [0, 0.1) is 17.3 Å². The lowest BCUT2D eigenvalue weighted by Crippen LogP contribution is -2.35. The number of carbonyl (C=O) groups is 2. The molecule has 1 aromatic rings. The van der Waals surface area contributed by atoms with Gasteiger partial charge in [0.1, 0.15) is 5.76 Å². The van der Waals surface area contributed by atoms with E-state index >= 15 is 0 Å². The molecule has 266 valence electrons. The summed E-state index contributed by atoms with van der Waals surface area (Å²) in [5.74, 6) is -1.41. The summed E-state index contributed by atoms with van der Waals surface area (Å²) in [7, 11) is 2.70. The fourth-order valence-corrected chi connectivity index (χ4v) is 8.06. The maximum Gasteiger partial charge on any atom is 0.323 e. The highest BCUT2D eigenvalue weighted by Crippen LogP contribution is 2.54. The molecule has 6 aliphatic rings. The molecule has 0 amide bonds. The van der Waals surface area contributed by atoms with E-state index in [9.17, 15) is 14.7 Å². The summed E-state index contributed by atoms with van der Waals surface area (Å²) >= 11 is 0. The van der Waals surface area contributed by atoms with Crippen LogP contribution in [0.25, 0.3) is 6.08 Å². The van der Waals surface area contributed by atoms with E-state index in [0.717, 1.165) is 68.4 Å². The smallest absolute Gasteiger partial charge is 0.323 e. The first-order valence-electron chi connectivity index (χ1n) is 17.7. The van der Waals surface area contributed by atoms with Gasteiger partial charge in [-0.3, -0.25) is 14.6 Å². The van der Waals surface area contributed by atoms with E-state index in [2.05, 4.69) is 62.3 Å². The Balaban J connectivity index is 1.51. The quantitative estimate of drug-likeness (QED) is 0.282. The Morgan fingerprint density at radius 3 is 2.35 bits per heavy atom. The summed E-state index contributed by atoms with van der Waals surface area (Å²) in [4.78, 5) is 45.9. The summed E-state index contributed by atoms with van der Waals surface area (Å²) in [6, 6.07) is 3.91. The average molecular weight is 698 g/mol. The van der Waals surface area contributed by atoms with Gasteiger partial charge < -0.3 is 19.9 Å². The van der Waals surface area contributed by atoms with Crippen LogP contribution in [0.3, 0.4) is 0 Å². The van der Waals surface area contributed by atoms with Crippen LogP contribution >= 0.6 is 0 Å². The number of nitrogens with zero attached hydrogens (tertiary/aromatic N) is 4. The number of ether oxygens (including phenoxy) is 2. The lowest BCUT2D eigenvalue weighted by molar-refractivity contribution is -0.148. The third-order valence-corrected chi connectivity index (χ3v) is 11.2. The van der Waals surface area contributed by atoms with Crippen LogP contribution in [0.1, 0.15) is 66.4 Å². The maximum absolute atomic E-state index is 13.8. The Hall–Kier alpha value is -5.64. The lowest BCUT2D eigenvalue weighted by Gasteiger charge is -2.27. The molecule has 1 fully saturated rings. The molecule has 1 saturated heterocycles. The Kier molecular flexibility index (Phi) is 8.80. The van der Waals surface area contributed by atoms with Gasteiger partial charge in [0.2, 0.25) is 0 Å². The molecule has 10 heteroatoms. The highest BCUT2D eigenvalue weighted by molar-refractivity contribution is 6.25. The van der Waals surface area contributed by atoms with E-state index in [-0.39, 0.29) is 30.0 Å². The van der Waals surface area contributed by atoms with Crippen molar-refractivity contribution in [3.05, 3.63) is 128 Å². The first-order chi connectivity index (χ1) is 24.9. The molecule has 0 unspecified atom stereocenters. The number of aliphatic imine (C=N–C) groups is 3. The van der Waals surface area contributed by atoms with Crippen molar-refractivity contribution in [2.75, 3.05) is 14.2 Å². The second kappa shape index (κ2) is 13.2. The second-order valence-corrected chi connectivity index (χ2v) is 14.0. The third kappa shape index (κ3) is 5.39. The fourth-order valence-electron chi connectivity index (χ4n) is 8.06. The van der Waals surface area contributed by atoms with Crippen LogP contribution < -0.4 is 5.32 Å². The number of aromatic nitrogens is 1. The standard InChI is InChI=1S/C42H43N5O5/c1-9-26-21(2)30-19-34-27(11-10-25-14-16-43-17-15-25)22(3)29(45-34)18-31-23(4)28(12-13-35(48)51-7)38(46-31)37-39-36(40(49)42(37,6)41(50)52-8)24(5)32(47-39)20-33(26)44-30/h10-11,14-20,23,28,46,49H,9,12-13H2,1-8H3/b11-10+,31-18?,33-20?,34-19?,38-37?/t23-,28-,42-/m0/s1. The molecule has 0 radical (unpaired) electrons. The second-order valence-electron chi connectivity index (χ2n) is 14.0. The zero-order valence-electron chi connectivity index (χ0n) is 30.8. The van der Waals surface area contributed by atoms with Crippen molar-refractivity contribution >= 4 is 35.1 Å². The number of hydrogen-bond donors (Lipinski definition) is 2. The van der Waals surface area contributed by atoms with Crippen molar-refractivity contribution in [3.63, 3.8) is 0 Å². The molecule has 7 rings (SSSR count). The number of aliphatic hydroxyl groups excluding tert-OH is 1. The first kappa shape index (κ1) is 34.8. The van der Waals surface area contributed by atoms with Gasteiger partial charge >= 0.3 is 11.9 Å². The predicted molar refractivity (Wildman–Crippen MR) is 202 cm³/mol. The van der Waals surface area contributed by atoms with Crippen molar-refractivity contribution < 1.29 is 24.2 Å². The van der Waals surface area contributed by atoms with E-state index in [1.807, 2.05) is 25.1 Å².